The van der Waals surface area contributed by atoms with E-state index in [9.17, 15) is 9.59 Å². The fraction of sp³-hybridized carbons (Fsp3) is 0.588. The SMILES string of the molecule is CCC(CO)NC(=O)c1ccc(C(=O)N2CCN(CCO)CC2)nc1.Cl. The fourth-order valence-electron chi connectivity index (χ4n) is 2.68. The number of aliphatic hydroxyl groups excluding tert-OH is 2. The van der Waals surface area contributed by atoms with Crippen LogP contribution in [0.25, 0.3) is 0 Å². The minimum absolute atomic E-state index is 0. The summed E-state index contributed by atoms with van der Waals surface area (Å²) in [5.41, 5.74) is 0.664. The summed E-state index contributed by atoms with van der Waals surface area (Å²) < 4.78 is 0. The summed E-state index contributed by atoms with van der Waals surface area (Å²) in [6.07, 6.45) is 2.02. The smallest absolute Gasteiger partial charge is 0.272 e. The highest BCUT2D eigenvalue weighted by Gasteiger charge is 2.23. The molecule has 2 rings (SSSR count). The first kappa shape index (κ1) is 22.3. The van der Waals surface area contributed by atoms with Crippen LogP contribution in [-0.4, -0.2) is 88.8 Å². The monoisotopic (exact) mass is 386 g/mol. The molecule has 1 atom stereocenters. The molecular formula is C17H27ClN4O4. The van der Waals surface area contributed by atoms with Gasteiger partial charge in [0.1, 0.15) is 5.69 Å². The van der Waals surface area contributed by atoms with Crippen molar-refractivity contribution in [2.45, 2.75) is 19.4 Å². The summed E-state index contributed by atoms with van der Waals surface area (Å²) in [6, 6.07) is 2.84. The Bertz CT molecular complexity index is 573. The molecule has 1 saturated heterocycles. The molecule has 0 radical (unpaired) electrons. The van der Waals surface area contributed by atoms with Gasteiger partial charge < -0.3 is 20.4 Å². The number of nitrogens with one attached hydrogen (secondary N) is 1. The van der Waals surface area contributed by atoms with Crippen molar-refractivity contribution in [2.24, 2.45) is 0 Å². The molecule has 0 bridgehead atoms. The second-order valence-corrected chi connectivity index (χ2v) is 6.05. The zero-order chi connectivity index (χ0) is 18.2. The van der Waals surface area contributed by atoms with E-state index in [0.717, 1.165) is 13.1 Å². The Morgan fingerprint density at radius 1 is 1.23 bits per heavy atom. The van der Waals surface area contributed by atoms with Crippen LogP contribution in [0.4, 0.5) is 0 Å². The minimum Gasteiger partial charge on any atom is -0.395 e. The minimum atomic E-state index is -0.315. The first-order chi connectivity index (χ1) is 12.1. The van der Waals surface area contributed by atoms with E-state index in [4.69, 9.17) is 10.2 Å². The third-order valence-corrected chi connectivity index (χ3v) is 4.37. The zero-order valence-corrected chi connectivity index (χ0v) is 15.7. The van der Waals surface area contributed by atoms with Gasteiger partial charge in [-0.05, 0) is 18.6 Å². The van der Waals surface area contributed by atoms with Crippen LogP contribution < -0.4 is 5.32 Å². The average Bonchev–Trinajstić information content (AvgIpc) is 2.66. The molecule has 1 unspecified atom stereocenters. The lowest BCUT2D eigenvalue weighted by Gasteiger charge is -2.34. The maximum atomic E-state index is 12.5. The van der Waals surface area contributed by atoms with Gasteiger partial charge in [-0.1, -0.05) is 6.92 Å². The van der Waals surface area contributed by atoms with E-state index in [0.29, 0.717) is 37.3 Å². The number of pyridine rings is 1. The highest BCUT2D eigenvalue weighted by atomic mass is 35.5. The van der Waals surface area contributed by atoms with Crippen LogP contribution in [0, 0.1) is 0 Å². The highest BCUT2D eigenvalue weighted by molar-refractivity contribution is 5.96. The van der Waals surface area contributed by atoms with Gasteiger partial charge >= 0.3 is 0 Å². The lowest BCUT2D eigenvalue weighted by molar-refractivity contribution is 0.0609. The molecule has 9 heteroatoms. The number of aliphatic hydroxyl groups is 2. The quantitative estimate of drug-likeness (QED) is 0.597. The maximum absolute atomic E-state index is 12.5. The van der Waals surface area contributed by atoms with E-state index in [1.165, 1.54) is 6.20 Å². The number of carbonyl (C=O) groups is 2. The molecule has 0 spiro atoms. The van der Waals surface area contributed by atoms with E-state index in [1.54, 1.807) is 17.0 Å². The Balaban J connectivity index is 0.00000338. The number of hydrogen-bond acceptors (Lipinski definition) is 6. The Morgan fingerprint density at radius 3 is 2.42 bits per heavy atom. The van der Waals surface area contributed by atoms with Crippen molar-refractivity contribution >= 4 is 24.2 Å². The number of amides is 2. The predicted octanol–water partition coefficient (Wildman–Crippen LogP) is -0.246. The van der Waals surface area contributed by atoms with Gasteiger partial charge in [-0.15, -0.1) is 12.4 Å². The van der Waals surface area contributed by atoms with Gasteiger partial charge in [-0.25, -0.2) is 0 Å². The first-order valence-electron chi connectivity index (χ1n) is 8.59. The molecule has 1 aromatic heterocycles. The number of hydrogen-bond donors (Lipinski definition) is 3. The number of piperazine rings is 1. The summed E-state index contributed by atoms with van der Waals surface area (Å²) in [6.45, 7) is 5.15. The second kappa shape index (κ2) is 11.1. The van der Waals surface area contributed by atoms with Crippen LogP contribution in [0.15, 0.2) is 18.3 Å². The number of β-amino-alcohol motifs (C(OH)–C–C–N with tert-alkyl or cyclic N) is 1. The molecule has 2 amide bonds. The van der Waals surface area contributed by atoms with Gasteiger partial charge in [0.2, 0.25) is 0 Å². The topological polar surface area (TPSA) is 106 Å². The number of aromatic nitrogens is 1. The number of halogens is 1. The van der Waals surface area contributed by atoms with Crippen molar-refractivity contribution in [3.8, 4) is 0 Å². The maximum Gasteiger partial charge on any atom is 0.272 e. The van der Waals surface area contributed by atoms with Gasteiger partial charge in [-0.3, -0.25) is 19.5 Å². The van der Waals surface area contributed by atoms with Crippen molar-refractivity contribution in [3.63, 3.8) is 0 Å². The van der Waals surface area contributed by atoms with Crippen LogP contribution in [0.2, 0.25) is 0 Å². The van der Waals surface area contributed by atoms with Crippen molar-refractivity contribution < 1.29 is 19.8 Å². The van der Waals surface area contributed by atoms with E-state index in [1.807, 2.05) is 6.92 Å². The second-order valence-electron chi connectivity index (χ2n) is 6.05. The van der Waals surface area contributed by atoms with Crippen molar-refractivity contribution in [1.29, 1.82) is 0 Å². The summed E-state index contributed by atoms with van der Waals surface area (Å²) in [7, 11) is 0. The van der Waals surface area contributed by atoms with Crippen molar-refractivity contribution in [2.75, 3.05) is 45.9 Å². The van der Waals surface area contributed by atoms with Gasteiger partial charge in [0, 0.05) is 38.9 Å². The molecular weight excluding hydrogens is 360 g/mol. The summed E-state index contributed by atoms with van der Waals surface area (Å²) in [5, 5.41) is 20.8. The number of carbonyl (C=O) groups excluding carboxylic acids is 2. The first-order valence-corrected chi connectivity index (χ1v) is 8.59. The van der Waals surface area contributed by atoms with Crippen LogP contribution in [-0.2, 0) is 0 Å². The Hall–Kier alpha value is -1.74. The third kappa shape index (κ3) is 5.91. The van der Waals surface area contributed by atoms with E-state index >= 15 is 0 Å². The molecule has 0 aliphatic carbocycles. The molecule has 0 saturated carbocycles. The Kier molecular flexibility index (Phi) is 9.50. The van der Waals surface area contributed by atoms with Crippen LogP contribution in [0.1, 0.15) is 34.2 Å². The van der Waals surface area contributed by atoms with E-state index < -0.39 is 0 Å². The predicted molar refractivity (Wildman–Crippen MR) is 99.5 cm³/mol. The normalized spacial score (nSPS) is 15.9. The summed E-state index contributed by atoms with van der Waals surface area (Å²) in [5.74, 6) is -0.470. The van der Waals surface area contributed by atoms with E-state index in [2.05, 4.69) is 15.2 Å². The third-order valence-electron chi connectivity index (χ3n) is 4.37. The van der Waals surface area contributed by atoms with E-state index in [-0.39, 0.29) is 43.5 Å². The molecule has 1 aliphatic rings. The number of rotatable bonds is 7. The van der Waals surface area contributed by atoms with Crippen molar-refractivity contribution in [1.82, 2.24) is 20.1 Å². The molecule has 1 fully saturated rings. The van der Waals surface area contributed by atoms with Gasteiger partial charge in [0.05, 0.1) is 24.8 Å². The van der Waals surface area contributed by atoms with Gasteiger partial charge in [-0.2, -0.15) is 0 Å². The molecule has 1 aliphatic heterocycles. The van der Waals surface area contributed by atoms with Gasteiger partial charge in [0.25, 0.3) is 11.8 Å². The Morgan fingerprint density at radius 2 is 1.92 bits per heavy atom. The van der Waals surface area contributed by atoms with Crippen LogP contribution in [0.5, 0.6) is 0 Å². The Labute approximate surface area is 159 Å². The molecule has 2 heterocycles. The largest absolute Gasteiger partial charge is 0.395 e. The molecule has 146 valence electrons. The zero-order valence-electron chi connectivity index (χ0n) is 14.9. The van der Waals surface area contributed by atoms with Crippen LogP contribution in [0.3, 0.4) is 0 Å². The fourth-order valence-corrected chi connectivity index (χ4v) is 2.68. The van der Waals surface area contributed by atoms with Crippen LogP contribution >= 0.6 is 12.4 Å². The molecule has 3 N–H and O–H groups in total. The lowest BCUT2D eigenvalue weighted by Crippen LogP contribution is -2.49. The molecule has 0 aromatic carbocycles. The lowest BCUT2D eigenvalue weighted by atomic mass is 10.2. The number of nitrogens with zero attached hydrogens (tertiary/aromatic N) is 3. The summed E-state index contributed by atoms with van der Waals surface area (Å²) in [4.78, 5) is 32.5. The molecule has 1 aromatic rings. The standard InChI is InChI=1S/C17H26N4O4.ClH/c1-2-14(12-23)19-16(24)13-3-4-15(18-11-13)17(25)21-7-5-20(6-8-21)9-10-22;/h3-4,11,14,22-23H,2,5-10,12H2,1H3,(H,19,24);1H. The highest BCUT2D eigenvalue weighted by Crippen LogP contribution is 2.08. The van der Waals surface area contributed by atoms with Gasteiger partial charge in [0.15, 0.2) is 0 Å². The van der Waals surface area contributed by atoms with Crippen molar-refractivity contribution in [3.05, 3.63) is 29.6 Å². The average molecular weight is 387 g/mol. The molecule has 8 nitrogen and oxygen atoms in total. The summed E-state index contributed by atoms with van der Waals surface area (Å²) >= 11 is 0. The molecule has 26 heavy (non-hydrogen) atoms.